The summed E-state index contributed by atoms with van der Waals surface area (Å²) in [4.78, 5) is 11.3. The molecule has 1 atom stereocenters. The molecule has 0 bridgehead atoms. The minimum Gasteiger partial charge on any atom is -0.484 e. The maximum absolute atomic E-state index is 11.3. The number of benzene rings is 2. The smallest absolute Gasteiger partial charge is 0.248 e. The predicted octanol–water partition coefficient (Wildman–Crippen LogP) is 3.00. The molecule has 1 amide bonds. The second kappa shape index (κ2) is 7.02. The van der Waals surface area contributed by atoms with Gasteiger partial charge in [-0.05, 0) is 23.8 Å². The van der Waals surface area contributed by atoms with Crippen molar-refractivity contribution in [3.8, 4) is 5.75 Å². The van der Waals surface area contributed by atoms with Crippen molar-refractivity contribution in [3.05, 3.63) is 77.6 Å². The highest BCUT2D eigenvalue weighted by Crippen LogP contribution is 2.25. The first-order valence-electron chi connectivity index (χ1n) is 7.10. The fourth-order valence-corrected chi connectivity index (χ4v) is 2.70. The summed E-state index contributed by atoms with van der Waals surface area (Å²) in [5.41, 5.74) is 7.63. The Morgan fingerprint density at radius 2 is 2.00 bits per heavy atom. The van der Waals surface area contributed by atoms with Gasteiger partial charge in [0, 0.05) is 12.0 Å². The molecule has 23 heavy (non-hydrogen) atoms. The lowest BCUT2D eigenvalue weighted by Gasteiger charge is -2.17. The fraction of sp³-hybridized carbons (Fsp3) is 0.118. The number of nitrogens with zero attached hydrogens (tertiary/aromatic N) is 2. The van der Waals surface area contributed by atoms with Gasteiger partial charge in [0.15, 0.2) is 0 Å². The largest absolute Gasteiger partial charge is 0.484 e. The van der Waals surface area contributed by atoms with E-state index in [0.29, 0.717) is 17.7 Å². The zero-order valence-corrected chi connectivity index (χ0v) is 13.1. The summed E-state index contributed by atoms with van der Waals surface area (Å²) in [5, 5.41) is 0. The summed E-state index contributed by atoms with van der Waals surface area (Å²) in [5.74, 6) is 0.0978. The number of aromatic nitrogens is 2. The van der Waals surface area contributed by atoms with E-state index >= 15 is 0 Å². The number of rotatable bonds is 6. The first-order valence-corrected chi connectivity index (χ1v) is 7.83. The second-order valence-corrected chi connectivity index (χ2v) is 5.58. The Morgan fingerprint density at radius 3 is 2.70 bits per heavy atom. The van der Waals surface area contributed by atoms with Crippen LogP contribution in [0.5, 0.6) is 5.75 Å². The third kappa shape index (κ3) is 3.92. The molecular formula is C17H15N3O2S. The summed E-state index contributed by atoms with van der Waals surface area (Å²) in [6.45, 7) is 0. The van der Waals surface area contributed by atoms with Crippen LogP contribution in [0.15, 0.2) is 60.8 Å². The molecule has 1 heterocycles. The van der Waals surface area contributed by atoms with Crippen molar-refractivity contribution >= 4 is 17.6 Å². The van der Waals surface area contributed by atoms with Gasteiger partial charge in [-0.3, -0.25) is 4.79 Å². The average molecular weight is 325 g/mol. The van der Waals surface area contributed by atoms with Crippen LogP contribution in [0.3, 0.4) is 0 Å². The molecule has 2 aromatic carbocycles. The highest BCUT2D eigenvalue weighted by Gasteiger charge is 2.18. The number of primary amides is 1. The van der Waals surface area contributed by atoms with Crippen molar-refractivity contribution in [3.63, 3.8) is 0 Å². The lowest BCUT2D eigenvalue weighted by Crippen LogP contribution is -2.13. The molecule has 0 saturated heterocycles. The second-order valence-electron chi connectivity index (χ2n) is 5.02. The van der Waals surface area contributed by atoms with Crippen LogP contribution in [0.4, 0.5) is 0 Å². The minimum absolute atomic E-state index is 0.278. The van der Waals surface area contributed by atoms with Gasteiger partial charge in [-0.1, -0.05) is 36.4 Å². The zero-order chi connectivity index (χ0) is 16.1. The summed E-state index contributed by atoms with van der Waals surface area (Å²) < 4.78 is 14.4. The molecule has 3 aromatic rings. The molecule has 5 nitrogen and oxygen atoms in total. The third-order valence-corrected chi connectivity index (χ3v) is 3.86. The molecule has 1 unspecified atom stereocenters. The quantitative estimate of drug-likeness (QED) is 0.755. The van der Waals surface area contributed by atoms with E-state index in [0.717, 1.165) is 23.0 Å². The van der Waals surface area contributed by atoms with Crippen molar-refractivity contribution in [2.24, 2.45) is 5.73 Å². The van der Waals surface area contributed by atoms with Crippen molar-refractivity contribution in [2.75, 3.05) is 0 Å². The Morgan fingerprint density at radius 1 is 1.17 bits per heavy atom. The fourth-order valence-electron chi connectivity index (χ4n) is 2.24. The van der Waals surface area contributed by atoms with Crippen molar-refractivity contribution in [2.45, 2.75) is 12.5 Å². The highest BCUT2D eigenvalue weighted by atomic mass is 32.1. The lowest BCUT2D eigenvalue weighted by atomic mass is 10.1. The standard InChI is InChI=1S/C17H15N3O2S/c18-17(21)13-7-4-8-14(10-13)22-16(15-11-19-23-20-15)9-12-5-2-1-3-6-12/h1-8,10-11,16H,9H2,(H2,18,21). The van der Waals surface area contributed by atoms with Crippen LogP contribution >= 0.6 is 11.7 Å². The van der Waals surface area contributed by atoms with E-state index in [2.05, 4.69) is 8.75 Å². The van der Waals surface area contributed by atoms with Gasteiger partial charge in [-0.2, -0.15) is 8.75 Å². The molecule has 116 valence electrons. The first-order chi connectivity index (χ1) is 11.2. The van der Waals surface area contributed by atoms with Gasteiger partial charge in [-0.15, -0.1) is 0 Å². The van der Waals surface area contributed by atoms with Gasteiger partial charge in [0.1, 0.15) is 17.5 Å². The minimum atomic E-state index is -0.481. The van der Waals surface area contributed by atoms with E-state index < -0.39 is 5.91 Å². The highest BCUT2D eigenvalue weighted by molar-refractivity contribution is 6.99. The van der Waals surface area contributed by atoms with Crippen molar-refractivity contribution < 1.29 is 9.53 Å². The Hall–Kier alpha value is -2.73. The number of carbonyl (C=O) groups is 1. The van der Waals surface area contributed by atoms with Gasteiger partial charge in [0.25, 0.3) is 0 Å². The van der Waals surface area contributed by atoms with E-state index in [-0.39, 0.29) is 6.10 Å². The molecule has 0 aliphatic carbocycles. The van der Waals surface area contributed by atoms with E-state index in [1.54, 1.807) is 30.5 Å². The molecule has 0 saturated carbocycles. The van der Waals surface area contributed by atoms with Crippen molar-refractivity contribution in [1.29, 1.82) is 0 Å². The van der Waals surface area contributed by atoms with Crippen LogP contribution < -0.4 is 10.5 Å². The van der Waals surface area contributed by atoms with E-state index in [1.165, 1.54) is 0 Å². The van der Waals surface area contributed by atoms with Crippen LogP contribution in [-0.4, -0.2) is 14.7 Å². The number of hydrogen-bond donors (Lipinski definition) is 1. The summed E-state index contributed by atoms with van der Waals surface area (Å²) >= 11 is 1.14. The average Bonchev–Trinajstić information content (AvgIpc) is 3.10. The van der Waals surface area contributed by atoms with Crippen LogP contribution in [0.25, 0.3) is 0 Å². The van der Waals surface area contributed by atoms with Crippen LogP contribution in [0.1, 0.15) is 27.7 Å². The third-order valence-electron chi connectivity index (χ3n) is 3.37. The van der Waals surface area contributed by atoms with Gasteiger partial charge >= 0.3 is 0 Å². The van der Waals surface area contributed by atoms with Gasteiger partial charge < -0.3 is 10.5 Å². The Bertz CT molecular complexity index is 776. The Kier molecular flexibility index (Phi) is 4.63. The Balaban J connectivity index is 1.84. The van der Waals surface area contributed by atoms with Gasteiger partial charge in [0.05, 0.1) is 17.9 Å². The molecule has 0 spiro atoms. The van der Waals surface area contributed by atoms with Crippen LogP contribution in [-0.2, 0) is 6.42 Å². The van der Waals surface area contributed by atoms with Crippen molar-refractivity contribution in [1.82, 2.24) is 8.75 Å². The van der Waals surface area contributed by atoms with E-state index in [1.807, 2.05) is 30.3 Å². The molecule has 0 aliphatic rings. The molecule has 0 fully saturated rings. The molecule has 1 aromatic heterocycles. The number of ether oxygens (including phenoxy) is 1. The SMILES string of the molecule is NC(=O)c1cccc(OC(Cc2ccccc2)c2cnsn2)c1. The normalized spacial score (nSPS) is 11.8. The molecule has 0 aliphatic heterocycles. The summed E-state index contributed by atoms with van der Waals surface area (Å²) in [7, 11) is 0. The summed E-state index contributed by atoms with van der Waals surface area (Å²) in [6.07, 6.45) is 2.09. The first kappa shape index (κ1) is 15.2. The molecule has 6 heteroatoms. The van der Waals surface area contributed by atoms with E-state index in [9.17, 15) is 4.79 Å². The molecular weight excluding hydrogens is 310 g/mol. The number of carbonyl (C=O) groups excluding carboxylic acids is 1. The Labute approximate surface area is 138 Å². The summed E-state index contributed by atoms with van der Waals surface area (Å²) in [6, 6.07) is 16.9. The van der Waals surface area contributed by atoms with Crippen LogP contribution in [0, 0.1) is 0 Å². The molecule has 0 radical (unpaired) electrons. The molecule has 3 rings (SSSR count). The lowest BCUT2D eigenvalue weighted by molar-refractivity contribution is 0.0999. The van der Waals surface area contributed by atoms with Crippen LogP contribution in [0.2, 0.25) is 0 Å². The van der Waals surface area contributed by atoms with Gasteiger partial charge in [-0.25, -0.2) is 0 Å². The monoisotopic (exact) mass is 325 g/mol. The van der Waals surface area contributed by atoms with E-state index in [4.69, 9.17) is 10.5 Å². The zero-order valence-electron chi connectivity index (χ0n) is 12.3. The maximum Gasteiger partial charge on any atom is 0.248 e. The predicted molar refractivity (Wildman–Crippen MR) is 88.4 cm³/mol. The number of hydrogen-bond acceptors (Lipinski definition) is 5. The number of amides is 1. The number of nitrogens with two attached hydrogens (primary N) is 1. The molecule has 2 N–H and O–H groups in total. The topological polar surface area (TPSA) is 78.1 Å². The van der Waals surface area contributed by atoms with Gasteiger partial charge in [0.2, 0.25) is 5.91 Å². The maximum atomic E-state index is 11.3.